The molecule has 6 nitrogen and oxygen atoms in total. The van der Waals surface area contributed by atoms with Crippen LogP contribution >= 0.6 is 0 Å². The Morgan fingerprint density at radius 3 is 2.43 bits per heavy atom. The first-order valence-electron chi connectivity index (χ1n) is 11.9. The van der Waals surface area contributed by atoms with Crippen LogP contribution in [0.3, 0.4) is 0 Å². The smallest absolute Gasteiger partial charge is 0.381 e. The lowest BCUT2D eigenvalue weighted by molar-refractivity contribution is -0.137. The number of alkyl halides is 3. The number of nitrogens with zero attached hydrogens (tertiary/aromatic N) is 3. The summed E-state index contributed by atoms with van der Waals surface area (Å²) in [6, 6.07) is 9.61. The molecular formula is C26H25F4N3O3S. The zero-order valence-corrected chi connectivity index (χ0v) is 20.8. The molecule has 0 spiro atoms. The van der Waals surface area contributed by atoms with Crippen LogP contribution in [-0.4, -0.2) is 48.8 Å². The van der Waals surface area contributed by atoms with Crippen molar-refractivity contribution in [2.75, 3.05) is 26.3 Å². The fraction of sp³-hybridized carbons (Fsp3) is 0.346. The minimum Gasteiger partial charge on any atom is -0.381 e. The number of aromatic nitrogens is 2. The van der Waals surface area contributed by atoms with Crippen LogP contribution in [0.4, 0.5) is 17.6 Å². The highest BCUT2D eigenvalue weighted by molar-refractivity contribution is 7.89. The Morgan fingerprint density at radius 1 is 1.08 bits per heavy atom. The van der Waals surface area contributed by atoms with E-state index in [-0.39, 0.29) is 35.6 Å². The molecule has 1 aliphatic carbocycles. The highest BCUT2D eigenvalue weighted by Gasteiger charge is 2.41. The van der Waals surface area contributed by atoms with E-state index < -0.39 is 21.8 Å². The van der Waals surface area contributed by atoms with Gasteiger partial charge in [-0.15, -0.1) is 0 Å². The molecule has 2 aliphatic rings. The number of fused-ring (bicyclic) bond motifs is 2. The Hall–Kier alpha value is -3.02. The molecule has 1 fully saturated rings. The minimum absolute atomic E-state index is 0.171. The molecule has 2 aromatic carbocycles. The summed E-state index contributed by atoms with van der Waals surface area (Å²) in [5.41, 5.74) is 2.61. The number of benzene rings is 2. The summed E-state index contributed by atoms with van der Waals surface area (Å²) in [5.74, 6) is -0.698. The van der Waals surface area contributed by atoms with E-state index in [0.29, 0.717) is 25.3 Å². The average Bonchev–Trinajstić information content (AvgIpc) is 3.30. The molecule has 0 unspecified atom stereocenters. The van der Waals surface area contributed by atoms with Gasteiger partial charge in [-0.05, 0) is 68.0 Å². The van der Waals surface area contributed by atoms with E-state index in [0.717, 1.165) is 41.1 Å². The predicted octanol–water partition coefficient (Wildman–Crippen LogP) is 5.26. The van der Waals surface area contributed by atoms with Crippen molar-refractivity contribution in [3.63, 3.8) is 0 Å². The standard InChI is InChI=1S/C26H25F4N3O3S/c1-2-36-16-24-22-14-31-33(20-7-5-19(27)6-8-20)25(22)13-17-11-12-32(15-23(17)24)37(34,35)21-9-3-18(4-10-21)26(28,29)30/h3-10,13-14,23-24H,2,11-12,15-16H2,1H3/t23-,24+/m0/s1. The molecule has 0 radical (unpaired) electrons. The second-order valence-corrected chi connectivity index (χ2v) is 11.0. The van der Waals surface area contributed by atoms with E-state index >= 15 is 0 Å². The molecule has 0 N–H and O–H groups in total. The Kier molecular flexibility index (Phi) is 6.71. The van der Waals surface area contributed by atoms with Gasteiger partial charge >= 0.3 is 6.18 Å². The monoisotopic (exact) mass is 535 g/mol. The Bertz CT molecular complexity index is 1410. The summed E-state index contributed by atoms with van der Waals surface area (Å²) in [6.07, 6.45) is -0.335. The Balaban J connectivity index is 1.46. The van der Waals surface area contributed by atoms with E-state index in [1.54, 1.807) is 23.0 Å². The van der Waals surface area contributed by atoms with E-state index in [9.17, 15) is 26.0 Å². The first-order chi connectivity index (χ1) is 17.6. The molecule has 196 valence electrons. The number of sulfonamides is 1. The van der Waals surface area contributed by atoms with Gasteiger partial charge in [0.05, 0.1) is 34.6 Å². The maximum atomic E-state index is 13.5. The number of hydrogen-bond donors (Lipinski definition) is 0. The van der Waals surface area contributed by atoms with Gasteiger partial charge in [0.25, 0.3) is 0 Å². The van der Waals surface area contributed by atoms with Gasteiger partial charge in [0.1, 0.15) is 5.82 Å². The average molecular weight is 536 g/mol. The van der Waals surface area contributed by atoms with Gasteiger partial charge in [0.15, 0.2) is 0 Å². The molecule has 1 saturated heterocycles. The van der Waals surface area contributed by atoms with Crippen LogP contribution in [0, 0.1) is 11.7 Å². The Morgan fingerprint density at radius 2 is 1.78 bits per heavy atom. The van der Waals surface area contributed by atoms with E-state index in [2.05, 4.69) is 5.10 Å². The zero-order valence-electron chi connectivity index (χ0n) is 20.0. The summed E-state index contributed by atoms with van der Waals surface area (Å²) in [5, 5.41) is 4.53. The van der Waals surface area contributed by atoms with Crippen LogP contribution in [0.5, 0.6) is 0 Å². The van der Waals surface area contributed by atoms with Crippen molar-refractivity contribution in [2.45, 2.75) is 30.3 Å². The van der Waals surface area contributed by atoms with Gasteiger partial charge in [-0.1, -0.05) is 5.57 Å². The lowest BCUT2D eigenvalue weighted by Gasteiger charge is -2.40. The fourth-order valence-electron chi connectivity index (χ4n) is 5.05. The lowest BCUT2D eigenvalue weighted by atomic mass is 9.74. The van der Waals surface area contributed by atoms with Crippen LogP contribution in [0.2, 0.25) is 0 Å². The van der Waals surface area contributed by atoms with Crippen molar-refractivity contribution in [3.8, 4) is 5.69 Å². The molecule has 0 amide bonds. The summed E-state index contributed by atoms with van der Waals surface area (Å²) in [6.45, 7) is 3.10. The zero-order chi connectivity index (χ0) is 26.4. The van der Waals surface area contributed by atoms with Crippen LogP contribution in [0.25, 0.3) is 11.8 Å². The van der Waals surface area contributed by atoms with Gasteiger partial charge in [-0.25, -0.2) is 17.5 Å². The molecule has 37 heavy (non-hydrogen) atoms. The molecule has 1 aliphatic heterocycles. The molecule has 2 heterocycles. The molecule has 3 aromatic rings. The van der Waals surface area contributed by atoms with Gasteiger partial charge < -0.3 is 4.74 Å². The van der Waals surface area contributed by atoms with Crippen LogP contribution in [0.1, 0.15) is 36.1 Å². The topological polar surface area (TPSA) is 64.4 Å². The van der Waals surface area contributed by atoms with Crippen molar-refractivity contribution in [1.29, 1.82) is 0 Å². The highest BCUT2D eigenvalue weighted by Crippen LogP contribution is 2.44. The van der Waals surface area contributed by atoms with Gasteiger partial charge in [-0.2, -0.15) is 22.6 Å². The second kappa shape index (κ2) is 9.70. The summed E-state index contributed by atoms with van der Waals surface area (Å²) >= 11 is 0. The number of piperidine rings is 1. The fourth-order valence-corrected chi connectivity index (χ4v) is 6.51. The third-order valence-corrected chi connectivity index (χ3v) is 8.84. The molecule has 5 rings (SSSR count). The van der Waals surface area contributed by atoms with Crippen molar-refractivity contribution < 1.29 is 30.7 Å². The largest absolute Gasteiger partial charge is 0.416 e. The molecule has 0 bridgehead atoms. The van der Waals surface area contributed by atoms with Crippen molar-refractivity contribution in [3.05, 3.63) is 82.9 Å². The van der Waals surface area contributed by atoms with Crippen LogP contribution < -0.4 is 0 Å². The molecule has 0 saturated carbocycles. The predicted molar refractivity (Wildman–Crippen MR) is 129 cm³/mol. The third-order valence-electron chi connectivity index (χ3n) is 6.96. The maximum Gasteiger partial charge on any atom is 0.416 e. The highest BCUT2D eigenvalue weighted by atomic mass is 32.2. The first-order valence-corrected chi connectivity index (χ1v) is 13.3. The number of halogens is 4. The summed E-state index contributed by atoms with van der Waals surface area (Å²) in [7, 11) is -4.00. The Labute approximate surface area is 212 Å². The molecule has 11 heteroatoms. The van der Waals surface area contributed by atoms with E-state index in [4.69, 9.17) is 4.74 Å². The van der Waals surface area contributed by atoms with Gasteiger partial charge in [-0.3, -0.25) is 0 Å². The van der Waals surface area contributed by atoms with Crippen LogP contribution in [-0.2, 0) is 20.9 Å². The SMILES string of the molecule is CCOC[C@@H]1c2cnn(-c3ccc(F)cc3)c2C=C2CCN(S(=O)(=O)c3ccc(C(F)(F)F)cc3)C[C@@H]21. The molecule has 2 atom stereocenters. The van der Waals surface area contributed by atoms with E-state index in [1.165, 1.54) is 16.4 Å². The first kappa shape index (κ1) is 25.6. The summed E-state index contributed by atoms with van der Waals surface area (Å²) < 4.78 is 87.9. The van der Waals surface area contributed by atoms with Gasteiger partial charge in [0, 0.05) is 37.1 Å². The maximum absolute atomic E-state index is 13.5. The van der Waals surface area contributed by atoms with Crippen molar-refractivity contribution >= 4 is 16.1 Å². The number of ether oxygens (including phenoxy) is 1. The third kappa shape index (κ3) is 4.83. The van der Waals surface area contributed by atoms with Crippen molar-refractivity contribution in [2.24, 2.45) is 5.92 Å². The normalized spacial score (nSPS) is 20.3. The second-order valence-electron chi connectivity index (χ2n) is 9.10. The number of rotatable bonds is 6. The molecular weight excluding hydrogens is 510 g/mol. The van der Waals surface area contributed by atoms with Gasteiger partial charge in [0.2, 0.25) is 10.0 Å². The minimum atomic E-state index is -4.54. The number of hydrogen-bond acceptors (Lipinski definition) is 4. The van der Waals surface area contributed by atoms with E-state index in [1.807, 2.05) is 13.0 Å². The lowest BCUT2D eigenvalue weighted by Crippen LogP contribution is -2.44. The summed E-state index contributed by atoms with van der Waals surface area (Å²) in [4.78, 5) is -0.171. The van der Waals surface area contributed by atoms with Crippen molar-refractivity contribution in [1.82, 2.24) is 14.1 Å². The molecule has 1 aromatic heterocycles. The van der Waals surface area contributed by atoms with Crippen LogP contribution in [0.15, 0.2) is 65.2 Å². The quantitative estimate of drug-likeness (QED) is 0.404.